The van der Waals surface area contributed by atoms with Crippen LogP contribution in [0.15, 0.2) is 42.5 Å². The van der Waals surface area contributed by atoms with Gasteiger partial charge in [-0.1, -0.05) is 42.5 Å². The molecule has 98 valence electrons. The summed E-state index contributed by atoms with van der Waals surface area (Å²) in [5.41, 5.74) is 6.32. The Morgan fingerprint density at radius 3 is 2.37 bits per heavy atom. The number of carbonyl (C=O) groups is 1. The summed E-state index contributed by atoms with van der Waals surface area (Å²) in [6, 6.07) is 15.0. The van der Waals surface area contributed by atoms with Crippen molar-refractivity contribution in [3.8, 4) is 11.1 Å². The minimum Gasteiger partial charge on any atom is -0.300 e. The van der Waals surface area contributed by atoms with Gasteiger partial charge in [-0.25, -0.2) is 0 Å². The summed E-state index contributed by atoms with van der Waals surface area (Å²) in [6.45, 7) is 5.91. The minimum absolute atomic E-state index is 0.247. The van der Waals surface area contributed by atoms with Gasteiger partial charge >= 0.3 is 0 Å². The zero-order valence-corrected chi connectivity index (χ0v) is 11.9. The Morgan fingerprint density at radius 1 is 0.947 bits per heavy atom. The first-order valence-electron chi connectivity index (χ1n) is 6.72. The van der Waals surface area contributed by atoms with Crippen LogP contribution in [-0.4, -0.2) is 5.78 Å². The van der Waals surface area contributed by atoms with E-state index in [2.05, 4.69) is 56.3 Å². The standard InChI is InChI=1S/C18H20O/c1-13-7-10-18(11-14(13)2)17-6-4-5-16(12-17)9-8-15(3)19/h4-7,10-12H,8-9H2,1-3H3. The monoisotopic (exact) mass is 252 g/mol. The zero-order chi connectivity index (χ0) is 13.8. The third-order valence-corrected chi connectivity index (χ3v) is 3.53. The first kappa shape index (κ1) is 13.5. The van der Waals surface area contributed by atoms with Crippen molar-refractivity contribution >= 4 is 5.78 Å². The lowest BCUT2D eigenvalue weighted by Gasteiger charge is -2.07. The average molecular weight is 252 g/mol. The summed E-state index contributed by atoms with van der Waals surface area (Å²) in [4.78, 5) is 11.1. The van der Waals surface area contributed by atoms with E-state index in [1.807, 2.05) is 0 Å². The lowest BCUT2D eigenvalue weighted by molar-refractivity contribution is -0.116. The summed E-state index contributed by atoms with van der Waals surface area (Å²) >= 11 is 0. The number of aryl methyl sites for hydroxylation is 3. The summed E-state index contributed by atoms with van der Waals surface area (Å²) in [6.07, 6.45) is 1.45. The van der Waals surface area contributed by atoms with Crippen molar-refractivity contribution in [3.05, 3.63) is 59.2 Å². The van der Waals surface area contributed by atoms with E-state index in [4.69, 9.17) is 0 Å². The molecule has 0 saturated heterocycles. The van der Waals surface area contributed by atoms with E-state index in [9.17, 15) is 4.79 Å². The second-order valence-electron chi connectivity index (χ2n) is 5.20. The predicted octanol–water partition coefficient (Wildman–Crippen LogP) is 4.49. The SMILES string of the molecule is CC(=O)CCc1cccc(-c2ccc(C)c(C)c2)c1. The van der Waals surface area contributed by atoms with Gasteiger partial charge in [0.1, 0.15) is 5.78 Å². The molecule has 0 bridgehead atoms. The van der Waals surface area contributed by atoms with Gasteiger partial charge in [-0.15, -0.1) is 0 Å². The maximum absolute atomic E-state index is 11.1. The number of benzene rings is 2. The predicted molar refractivity (Wildman–Crippen MR) is 80.4 cm³/mol. The van der Waals surface area contributed by atoms with Gasteiger partial charge in [0.25, 0.3) is 0 Å². The Hall–Kier alpha value is -1.89. The highest BCUT2D eigenvalue weighted by Gasteiger charge is 2.02. The first-order chi connectivity index (χ1) is 9.06. The van der Waals surface area contributed by atoms with E-state index in [0.717, 1.165) is 6.42 Å². The van der Waals surface area contributed by atoms with Crippen molar-refractivity contribution in [1.82, 2.24) is 0 Å². The molecule has 0 aliphatic carbocycles. The number of hydrogen-bond donors (Lipinski definition) is 0. The van der Waals surface area contributed by atoms with E-state index >= 15 is 0 Å². The molecule has 19 heavy (non-hydrogen) atoms. The highest BCUT2D eigenvalue weighted by Crippen LogP contribution is 2.23. The molecule has 2 aromatic rings. The molecule has 0 unspecified atom stereocenters. The number of hydrogen-bond acceptors (Lipinski definition) is 1. The van der Waals surface area contributed by atoms with Gasteiger partial charge in [-0.2, -0.15) is 0 Å². The van der Waals surface area contributed by atoms with Crippen LogP contribution in [0.25, 0.3) is 11.1 Å². The third-order valence-electron chi connectivity index (χ3n) is 3.53. The molecule has 0 saturated carbocycles. The topological polar surface area (TPSA) is 17.1 Å². The van der Waals surface area contributed by atoms with E-state index < -0.39 is 0 Å². The second-order valence-corrected chi connectivity index (χ2v) is 5.20. The van der Waals surface area contributed by atoms with E-state index in [-0.39, 0.29) is 5.78 Å². The summed E-state index contributed by atoms with van der Waals surface area (Å²) in [5.74, 6) is 0.247. The molecule has 2 rings (SSSR count). The molecule has 0 aliphatic heterocycles. The van der Waals surface area contributed by atoms with Crippen LogP contribution in [0.5, 0.6) is 0 Å². The first-order valence-corrected chi connectivity index (χ1v) is 6.72. The summed E-state index contributed by atoms with van der Waals surface area (Å²) < 4.78 is 0. The van der Waals surface area contributed by atoms with Gasteiger partial charge in [-0.3, -0.25) is 0 Å². The van der Waals surface area contributed by atoms with Crippen LogP contribution >= 0.6 is 0 Å². The summed E-state index contributed by atoms with van der Waals surface area (Å²) in [5, 5.41) is 0. The Labute approximate surface area is 115 Å². The van der Waals surface area contributed by atoms with Gasteiger partial charge in [-0.05, 0) is 55.0 Å². The fraction of sp³-hybridized carbons (Fsp3) is 0.278. The molecule has 0 aromatic heterocycles. The Bertz CT molecular complexity index is 596. The maximum Gasteiger partial charge on any atom is 0.130 e. The fourth-order valence-corrected chi connectivity index (χ4v) is 2.15. The van der Waals surface area contributed by atoms with E-state index in [1.54, 1.807) is 6.92 Å². The molecule has 2 aromatic carbocycles. The Kier molecular flexibility index (Phi) is 4.16. The van der Waals surface area contributed by atoms with Gasteiger partial charge < -0.3 is 4.79 Å². The molecule has 0 atom stereocenters. The van der Waals surface area contributed by atoms with E-state index in [1.165, 1.54) is 27.8 Å². The largest absolute Gasteiger partial charge is 0.300 e. The molecule has 0 amide bonds. The van der Waals surface area contributed by atoms with Crippen LogP contribution in [0.3, 0.4) is 0 Å². The van der Waals surface area contributed by atoms with Gasteiger partial charge in [0.2, 0.25) is 0 Å². The molecular formula is C18H20O. The fourth-order valence-electron chi connectivity index (χ4n) is 2.15. The van der Waals surface area contributed by atoms with Crippen molar-refractivity contribution in [3.63, 3.8) is 0 Å². The molecule has 1 nitrogen and oxygen atoms in total. The van der Waals surface area contributed by atoms with Crippen molar-refractivity contribution in [1.29, 1.82) is 0 Å². The van der Waals surface area contributed by atoms with Crippen LogP contribution in [-0.2, 0) is 11.2 Å². The second kappa shape index (κ2) is 5.83. The van der Waals surface area contributed by atoms with Gasteiger partial charge in [0.15, 0.2) is 0 Å². The van der Waals surface area contributed by atoms with Crippen LogP contribution in [0.4, 0.5) is 0 Å². The number of ketones is 1. The molecule has 0 N–H and O–H groups in total. The lowest BCUT2D eigenvalue weighted by atomic mass is 9.98. The van der Waals surface area contributed by atoms with E-state index in [0.29, 0.717) is 6.42 Å². The molecule has 0 fully saturated rings. The highest BCUT2D eigenvalue weighted by atomic mass is 16.1. The molecule has 0 spiro atoms. The van der Waals surface area contributed by atoms with Crippen molar-refractivity contribution in [2.75, 3.05) is 0 Å². The van der Waals surface area contributed by atoms with Gasteiger partial charge in [0, 0.05) is 6.42 Å². The van der Waals surface area contributed by atoms with Crippen molar-refractivity contribution < 1.29 is 4.79 Å². The smallest absolute Gasteiger partial charge is 0.130 e. The minimum atomic E-state index is 0.247. The number of Topliss-reactive ketones (excluding diaryl/α,β-unsaturated/α-hetero) is 1. The molecule has 1 heteroatoms. The molecule has 0 radical (unpaired) electrons. The number of carbonyl (C=O) groups excluding carboxylic acids is 1. The Morgan fingerprint density at radius 2 is 1.68 bits per heavy atom. The highest BCUT2D eigenvalue weighted by molar-refractivity contribution is 5.75. The van der Waals surface area contributed by atoms with Crippen molar-refractivity contribution in [2.24, 2.45) is 0 Å². The van der Waals surface area contributed by atoms with Gasteiger partial charge in [0.05, 0.1) is 0 Å². The quantitative estimate of drug-likeness (QED) is 0.783. The van der Waals surface area contributed by atoms with Crippen LogP contribution in [0.2, 0.25) is 0 Å². The molecule has 0 aliphatic rings. The molecular weight excluding hydrogens is 232 g/mol. The van der Waals surface area contributed by atoms with Crippen LogP contribution in [0.1, 0.15) is 30.0 Å². The maximum atomic E-state index is 11.1. The lowest BCUT2D eigenvalue weighted by Crippen LogP contribution is -1.94. The Balaban J connectivity index is 2.27. The van der Waals surface area contributed by atoms with Crippen LogP contribution < -0.4 is 0 Å². The zero-order valence-electron chi connectivity index (χ0n) is 11.9. The third kappa shape index (κ3) is 3.54. The van der Waals surface area contributed by atoms with Crippen LogP contribution in [0, 0.1) is 13.8 Å². The average Bonchev–Trinajstić information content (AvgIpc) is 2.40. The van der Waals surface area contributed by atoms with Crippen molar-refractivity contribution in [2.45, 2.75) is 33.6 Å². The number of rotatable bonds is 4. The molecule has 0 heterocycles. The summed E-state index contributed by atoms with van der Waals surface area (Å²) in [7, 11) is 0. The normalized spacial score (nSPS) is 10.5.